The van der Waals surface area contributed by atoms with E-state index in [2.05, 4.69) is 5.32 Å². The Balaban J connectivity index is 2.10. The van der Waals surface area contributed by atoms with Gasteiger partial charge in [0.25, 0.3) is 0 Å². The summed E-state index contributed by atoms with van der Waals surface area (Å²) in [5.41, 5.74) is -1.69. The fourth-order valence-corrected chi connectivity index (χ4v) is 3.51. The topological polar surface area (TPSA) is 127 Å². The summed E-state index contributed by atoms with van der Waals surface area (Å²) in [7, 11) is 0. The molecule has 2 aliphatic rings. The molecule has 5 N–H and O–H groups in total. The normalized spacial score (nSPS) is 25.2. The molecule has 140 valence electrons. The number of aliphatic hydroxyl groups excluding tert-OH is 1. The van der Waals surface area contributed by atoms with E-state index in [1.54, 1.807) is 0 Å². The molecule has 0 radical (unpaired) electrons. The molecular weight excluding hydrogens is 338 g/mol. The molecule has 0 amide bonds. The van der Waals surface area contributed by atoms with Crippen molar-refractivity contribution in [1.29, 1.82) is 0 Å². The van der Waals surface area contributed by atoms with Gasteiger partial charge < -0.3 is 25.7 Å². The van der Waals surface area contributed by atoms with Crippen molar-refractivity contribution in [2.75, 3.05) is 11.9 Å². The second-order valence-electron chi connectivity index (χ2n) is 7.19. The van der Waals surface area contributed by atoms with Crippen LogP contribution in [0.25, 0.3) is 0 Å². The molecule has 3 rings (SSSR count). The number of carbonyl (C=O) groups is 2. The summed E-state index contributed by atoms with van der Waals surface area (Å²) in [6.45, 7) is 3.94. The third-order valence-corrected chi connectivity index (χ3v) is 5.14. The summed E-state index contributed by atoms with van der Waals surface area (Å²) in [6.07, 6.45) is 0.200. The summed E-state index contributed by atoms with van der Waals surface area (Å²) >= 11 is 0. The largest absolute Gasteiger partial charge is 0.507 e. The minimum absolute atomic E-state index is 0.0817. The molecule has 0 heterocycles. The first kappa shape index (κ1) is 18.4. The van der Waals surface area contributed by atoms with Crippen molar-refractivity contribution < 1.29 is 30.0 Å². The fraction of sp³-hybridized carbons (Fsp3) is 0.474. The van der Waals surface area contributed by atoms with Gasteiger partial charge >= 0.3 is 0 Å². The zero-order valence-corrected chi connectivity index (χ0v) is 14.8. The SMILES string of the molecule is CCCCNc1cc(O)c2c(c1O)C(=O)C1=C(C[C@@H](O)[C@@](C)(O)C1)C2=O. The van der Waals surface area contributed by atoms with Crippen molar-refractivity contribution in [1.82, 2.24) is 0 Å². The van der Waals surface area contributed by atoms with Crippen LogP contribution in [0.1, 0.15) is 60.2 Å². The van der Waals surface area contributed by atoms with E-state index in [4.69, 9.17) is 0 Å². The standard InChI is InChI=1S/C19H23NO6/c1-3-4-5-20-11-7-12(21)14-15(18(11)25)17(24)10-8-19(2,26)13(22)6-9(10)16(14)23/h7,13,20-22,25-26H,3-6,8H2,1-2H3/t13-,19+/m1/s1. The molecule has 2 aliphatic carbocycles. The summed E-state index contributed by atoms with van der Waals surface area (Å²) in [5.74, 6) is -1.98. The summed E-state index contributed by atoms with van der Waals surface area (Å²) in [4.78, 5) is 25.7. The van der Waals surface area contributed by atoms with Crippen LogP contribution in [0.2, 0.25) is 0 Å². The number of unbranched alkanes of at least 4 members (excludes halogenated alkanes) is 1. The number of anilines is 1. The Labute approximate surface area is 151 Å². The van der Waals surface area contributed by atoms with Gasteiger partial charge in [-0.1, -0.05) is 13.3 Å². The van der Waals surface area contributed by atoms with E-state index < -0.39 is 29.0 Å². The monoisotopic (exact) mass is 361 g/mol. The number of hydrogen-bond acceptors (Lipinski definition) is 7. The third kappa shape index (κ3) is 2.77. The van der Waals surface area contributed by atoms with E-state index in [0.29, 0.717) is 6.54 Å². The van der Waals surface area contributed by atoms with E-state index >= 15 is 0 Å². The van der Waals surface area contributed by atoms with Crippen LogP contribution in [-0.4, -0.2) is 50.2 Å². The number of nitrogens with one attached hydrogen (secondary N) is 1. The molecule has 0 unspecified atom stereocenters. The van der Waals surface area contributed by atoms with Crippen molar-refractivity contribution in [3.8, 4) is 11.5 Å². The molecule has 0 aliphatic heterocycles. The molecule has 0 saturated heterocycles. The smallest absolute Gasteiger partial charge is 0.194 e. The van der Waals surface area contributed by atoms with Crippen LogP contribution in [0.3, 0.4) is 0 Å². The number of aliphatic hydroxyl groups is 2. The van der Waals surface area contributed by atoms with Crippen molar-refractivity contribution >= 4 is 17.3 Å². The number of fused-ring (bicyclic) bond motifs is 1. The van der Waals surface area contributed by atoms with Gasteiger partial charge in [0, 0.05) is 36.6 Å². The van der Waals surface area contributed by atoms with Crippen molar-refractivity contribution in [3.63, 3.8) is 0 Å². The molecule has 0 bridgehead atoms. The van der Waals surface area contributed by atoms with Crippen molar-refractivity contribution in [2.45, 2.75) is 51.2 Å². The van der Waals surface area contributed by atoms with E-state index in [1.807, 2.05) is 6.92 Å². The predicted molar refractivity (Wildman–Crippen MR) is 94.7 cm³/mol. The highest BCUT2D eigenvalue weighted by Gasteiger charge is 2.46. The highest BCUT2D eigenvalue weighted by molar-refractivity contribution is 6.29. The molecule has 1 aromatic carbocycles. The lowest BCUT2D eigenvalue weighted by Crippen LogP contribution is -2.46. The van der Waals surface area contributed by atoms with Gasteiger partial charge in [0.1, 0.15) is 5.75 Å². The molecule has 0 aromatic heterocycles. The predicted octanol–water partition coefficient (Wildman–Crippen LogP) is 1.89. The second-order valence-corrected chi connectivity index (χ2v) is 7.19. The van der Waals surface area contributed by atoms with Gasteiger partial charge in [-0.3, -0.25) is 9.59 Å². The van der Waals surface area contributed by atoms with Crippen LogP contribution in [0.15, 0.2) is 17.2 Å². The first-order valence-corrected chi connectivity index (χ1v) is 8.73. The Morgan fingerprint density at radius 3 is 2.50 bits per heavy atom. The van der Waals surface area contributed by atoms with Crippen LogP contribution >= 0.6 is 0 Å². The number of Topliss-reactive ketones (excluding diaryl/α,β-unsaturated/α-hetero) is 2. The molecule has 2 atom stereocenters. The summed E-state index contributed by atoms with van der Waals surface area (Å²) < 4.78 is 0. The third-order valence-electron chi connectivity index (χ3n) is 5.14. The number of hydrogen-bond donors (Lipinski definition) is 5. The molecule has 26 heavy (non-hydrogen) atoms. The Morgan fingerprint density at radius 2 is 1.85 bits per heavy atom. The van der Waals surface area contributed by atoms with Gasteiger partial charge in [0.15, 0.2) is 17.3 Å². The van der Waals surface area contributed by atoms with Gasteiger partial charge in [-0.05, 0) is 13.3 Å². The lowest BCUT2D eigenvalue weighted by atomic mass is 9.71. The Bertz CT molecular complexity index is 824. The van der Waals surface area contributed by atoms with Gasteiger partial charge in [-0.15, -0.1) is 0 Å². The van der Waals surface area contributed by atoms with Gasteiger partial charge in [-0.2, -0.15) is 0 Å². The number of aromatic hydroxyl groups is 2. The second kappa shape index (κ2) is 6.41. The average molecular weight is 361 g/mol. The lowest BCUT2D eigenvalue weighted by Gasteiger charge is -2.37. The maximum absolute atomic E-state index is 12.9. The van der Waals surface area contributed by atoms with Crippen LogP contribution in [0, 0.1) is 0 Å². The molecule has 0 fully saturated rings. The van der Waals surface area contributed by atoms with Crippen LogP contribution < -0.4 is 5.32 Å². The fourth-order valence-electron chi connectivity index (χ4n) is 3.51. The number of phenolic OH excluding ortho intramolecular Hbond substituents is 2. The van der Waals surface area contributed by atoms with Crippen molar-refractivity contribution in [2.24, 2.45) is 0 Å². The quantitative estimate of drug-likeness (QED) is 0.315. The summed E-state index contributed by atoms with van der Waals surface area (Å²) in [6, 6.07) is 1.23. The Hall–Kier alpha value is -2.38. The number of carbonyl (C=O) groups excluding carboxylic acids is 2. The minimum atomic E-state index is -1.54. The number of rotatable bonds is 4. The molecular formula is C19H23NO6. The molecule has 0 spiro atoms. The van der Waals surface area contributed by atoms with Crippen LogP contribution in [-0.2, 0) is 0 Å². The van der Waals surface area contributed by atoms with Crippen LogP contribution in [0.5, 0.6) is 11.5 Å². The number of benzene rings is 1. The molecule has 7 nitrogen and oxygen atoms in total. The first-order chi connectivity index (χ1) is 12.2. The van der Waals surface area contributed by atoms with E-state index in [9.17, 15) is 30.0 Å². The Kier molecular flexibility index (Phi) is 4.54. The van der Waals surface area contributed by atoms with Gasteiger partial charge in [0.2, 0.25) is 0 Å². The van der Waals surface area contributed by atoms with Crippen molar-refractivity contribution in [3.05, 3.63) is 28.3 Å². The lowest BCUT2D eigenvalue weighted by molar-refractivity contribution is -0.0651. The van der Waals surface area contributed by atoms with Gasteiger partial charge in [0.05, 0.1) is 28.5 Å². The number of phenols is 2. The first-order valence-electron chi connectivity index (χ1n) is 8.73. The zero-order chi connectivity index (χ0) is 19.2. The van der Waals surface area contributed by atoms with E-state index in [-0.39, 0.29) is 46.6 Å². The highest BCUT2D eigenvalue weighted by atomic mass is 16.3. The maximum atomic E-state index is 12.9. The van der Waals surface area contributed by atoms with Crippen LogP contribution in [0.4, 0.5) is 5.69 Å². The van der Waals surface area contributed by atoms with E-state index in [1.165, 1.54) is 13.0 Å². The van der Waals surface area contributed by atoms with E-state index in [0.717, 1.165) is 12.8 Å². The molecule has 7 heteroatoms. The minimum Gasteiger partial charge on any atom is -0.507 e. The van der Waals surface area contributed by atoms with Gasteiger partial charge in [-0.25, -0.2) is 0 Å². The number of ketones is 2. The average Bonchev–Trinajstić information content (AvgIpc) is 2.57. The maximum Gasteiger partial charge on any atom is 0.194 e. The Morgan fingerprint density at radius 1 is 1.19 bits per heavy atom. The molecule has 1 aromatic rings. The highest BCUT2D eigenvalue weighted by Crippen LogP contribution is 2.46. The molecule has 0 saturated carbocycles. The zero-order valence-electron chi connectivity index (χ0n) is 14.8. The summed E-state index contributed by atoms with van der Waals surface area (Å²) in [5, 5.41) is 44.1.